The Bertz CT molecular complexity index is 1180. The zero-order chi connectivity index (χ0) is 22.5. The number of amides is 1. The zero-order valence-corrected chi connectivity index (χ0v) is 18.4. The predicted octanol–water partition coefficient (Wildman–Crippen LogP) is 3.86. The number of carbonyl (C=O) groups is 1. The minimum atomic E-state index is -0.157. The molecule has 4 aromatic rings. The van der Waals surface area contributed by atoms with Gasteiger partial charge in [-0.1, -0.05) is 60.1 Å². The highest BCUT2D eigenvalue weighted by Gasteiger charge is 2.16. The van der Waals surface area contributed by atoms with Gasteiger partial charge in [-0.05, 0) is 26.1 Å². The zero-order valence-electron chi connectivity index (χ0n) is 18.4. The van der Waals surface area contributed by atoms with E-state index in [1.54, 1.807) is 4.68 Å². The first-order valence-electron chi connectivity index (χ1n) is 10.5. The lowest BCUT2D eigenvalue weighted by Gasteiger charge is -2.14. The van der Waals surface area contributed by atoms with E-state index in [0.29, 0.717) is 30.5 Å². The SMILES string of the molecule is CCc1noc(CN(C)CC(=O)Nc2cc(-c3ccc(C)cc3)nn2-c2ccccc2)n1. The summed E-state index contributed by atoms with van der Waals surface area (Å²) in [5, 5.41) is 11.6. The molecule has 2 aromatic carbocycles. The van der Waals surface area contributed by atoms with E-state index in [1.165, 1.54) is 5.56 Å². The van der Waals surface area contributed by atoms with Crippen LogP contribution in [0.3, 0.4) is 0 Å². The Morgan fingerprint density at radius 3 is 2.56 bits per heavy atom. The number of anilines is 1. The van der Waals surface area contributed by atoms with E-state index in [2.05, 4.69) is 15.5 Å². The van der Waals surface area contributed by atoms with Crippen LogP contribution in [-0.4, -0.2) is 44.3 Å². The number of aryl methyl sites for hydroxylation is 2. The van der Waals surface area contributed by atoms with Gasteiger partial charge in [0.25, 0.3) is 0 Å². The number of likely N-dealkylation sites (N-methyl/N-ethyl adjacent to an activating group) is 1. The van der Waals surface area contributed by atoms with Gasteiger partial charge < -0.3 is 9.84 Å². The largest absolute Gasteiger partial charge is 0.338 e. The molecule has 164 valence electrons. The normalized spacial score (nSPS) is 11.1. The molecule has 8 heteroatoms. The summed E-state index contributed by atoms with van der Waals surface area (Å²) in [6.07, 6.45) is 0.709. The van der Waals surface area contributed by atoms with Gasteiger partial charge in [-0.15, -0.1) is 0 Å². The van der Waals surface area contributed by atoms with Crippen molar-refractivity contribution < 1.29 is 9.32 Å². The number of hydrogen-bond donors (Lipinski definition) is 1. The Morgan fingerprint density at radius 1 is 1.12 bits per heavy atom. The quantitative estimate of drug-likeness (QED) is 0.457. The van der Waals surface area contributed by atoms with E-state index in [9.17, 15) is 4.79 Å². The number of rotatable bonds is 8. The third-order valence-electron chi connectivity index (χ3n) is 4.97. The number of aromatic nitrogens is 4. The van der Waals surface area contributed by atoms with Crippen LogP contribution in [0.4, 0.5) is 5.82 Å². The van der Waals surface area contributed by atoms with Crippen LogP contribution in [-0.2, 0) is 17.8 Å². The van der Waals surface area contributed by atoms with Gasteiger partial charge >= 0.3 is 0 Å². The highest BCUT2D eigenvalue weighted by Crippen LogP contribution is 2.25. The molecule has 8 nitrogen and oxygen atoms in total. The van der Waals surface area contributed by atoms with Crippen LogP contribution in [0, 0.1) is 6.92 Å². The smallest absolute Gasteiger partial charge is 0.240 e. The first-order chi connectivity index (χ1) is 15.5. The van der Waals surface area contributed by atoms with Crippen molar-refractivity contribution in [3.8, 4) is 16.9 Å². The fourth-order valence-electron chi connectivity index (χ4n) is 3.31. The first kappa shape index (κ1) is 21.5. The molecule has 0 bridgehead atoms. The monoisotopic (exact) mass is 430 g/mol. The van der Waals surface area contributed by atoms with Crippen molar-refractivity contribution in [1.29, 1.82) is 0 Å². The van der Waals surface area contributed by atoms with E-state index >= 15 is 0 Å². The van der Waals surface area contributed by atoms with Gasteiger partial charge in [-0.2, -0.15) is 10.1 Å². The molecular weight excluding hydrogens is 404 g/mol. The van der Waals surface area contributed by atoms with E-state index < -0.39 is 0 Å². The molecule has 0 fully saturated rings. The van der Waals surface area contributed by atoms with Gasteiger partial charge in [-0.3, -0.25) is 9.69 Å². The second kappa shape index (κ2) is 9.57. The molecule has 0 radical (unpaired) electrons. The van der Waals surface area contributed by atoms with Gasteiger partial charge in [-0.25, -0.2) is 4.68 Å². The van der Waals surface area contributed by atoms with E-state index in [1.807, 2.05) is 86.5 Å². The lowest BCUT2D eigenvalue weighted by Crippen LogP contribution is -2.30. The van der Waals surface area contributed by atoms with Crippen LogP contribution in [0.1, 0.15) is 24.2 Å². The fourth-order valence-corrected chi connectivity index (χ4v) is 3.31. The van der Waals surface area contributed by atoms with E-state index in [0.717, 1.165) is 16.9 Å². The molecule has 0 aliphatic carbocycles. The molecule has 32 heavy (non-hydrogen) atoms. The molecule has 0 atom stereocenters. The number of nitrogens with one attached hydrogen (secondary N) is 1. The van der Waals surface area contributed by atoms with Crippen molar-refractivity contribution >= 4 is 11.7 Å². The average Bonchev–Trinajstić information content (AvgIpc) is 3.41. The predicted molar refractivity (Wildman–Crippen MR) is 122 cm³/mol. The van der Waals surface area contributed by atoms with Gasteiger partial charge in [0.2, 0.25) is 11.8 Å². The highest BCUT2D eigenvalue weighted by atomic mass is 16.5. The van der Waals surface area contributed by atoms with Crippen molar-refractivity contribution in [2.75, 3.05) is 18.9 Å². The topological polar surface area (TPSA) is 89.1 Å². The van der Waals surface area contributed by atoms with Crippen LogP contribution in [0.2, 0.25) is 0 Å². The number of carbonyl (C=O) groups excluding carboxylic acids is 1. The number of nitrogens with zero attached hydrogens (tertiary/aromatic N) is 5. The molecule has 1 N–H and O–H groups in total. The Labute approximate surface area is 186 Å². The Hall–Kier alpha value is -3.78. The molecule has 0 spiro atoms. The Balaban J connectivity index is 1.52. The summed E-state index contributed by atoms with van der Waals surface area (Å²) in [4.78, 5) is 18.9. The molecular formula is C24H26N6O2. The van der Waals surface area contributed by atoms with Crippen molar-refractivity contribution in [3.05, 3.63) is 77.9 Å². The number of para-hydroxylation sites is 1. The lowest BCUT2D eigenvalue weighted by atomic mass is 10.1. The standard InChI is InChI=1S/C24H26N6O2/c1-4-21-25-24(32-28-21)16-29(3)15-23(31)26-22-14-20(18-12-10-17(2)11-13-18)27-30(22)19-8-6-5-7-9-19/h5-14H,4,15-16H2,1-3H3,(H,26,31). The van der Waals surface area contributed by atoms with Crippen molar-refractivity contribution in [2.24, 2.45) is 0 Å². The molecule has 0 saturated heterocycles. The van der Waals surface area contributed by atoms with E-state index in [-0.39, 0.29) is 12.5 Å². The van der Waals surface area contributed by atoms with Crippen LogP contribution in [0.25, 0.3) is 16.9 Å². The molecule has 0 unspecified atom stereocenters. The summed E-state index contributed by atoms with van der Waals surface area (Å²) in [5.74, 6) is 1.60. The van der Waals surface area contributed by atoms with Crippen LogP contribution in [0.15, 0.2) is 65.2 Å². The summed E-state index contributed by atoms with van der Waals surface area (Å²) >= 11 is 0. The summed E-state index contributed by atoms with van der Waals surface area (Å²) in [6.45, 7) is 4.58. The minimum absolute atomic E-state index is 0.157. The Kier molecular flexibility index (Phi) is 6.42. The van der Waals surface area contributed by atoms with Crippen molar-refractivity contribution in [2.45, 2.75) is 26.8 Å². The minimum Gasteiger partial charge on any atom is -0.338 e. The second-order valence-corrected chi connectivity index (χ2v) is 7.71. The molecule has 0 saturated carbocycles. The Morgan fingerprint density at radius 2 is 1.88 bits per heavy atom. The maximum absolute atomic E-state index is 12.8. The van der Waals surface area contributed by atoms with Crippen molar-refractivity contribution in [1.82, 2.24) is 24.8 Å². The maximum Gasteiger partial charge on any atom is 0.240 e. The average molecular weight is 431 g/mol. The highest BCUT2D eigenvalue weighted by molar-refractivity contribution is 5.92. The summed E-state index contributed by atoms with van der Waals surface area (Å²) in [7, 11) is 1.83. The third kappa shape index (κ3) is 5.09. The number of hydrogen-bond acceptors (Lipinski definition) is 6. The second-order valence-electron chi connectivity index (χ2n) is 7.71. The molecule has 0 aliphatic heterocycles. The van der Waals surface area contributed by atoms with Gasteiger partial charge in [0.15, 0.2) is 5.82 Å². The van der Waals surface area contributed by atoms with Gasteiger partial charge in [0, 0.05) is 18.1 Å². The van der Waals surface area contributed by atoms with Gasteiger partial charge in [0.1, 0.15) is 5.82 Å². The molecule has 2 heterocycles. The van der Waals surface area contributed by atoms with Gasteiger partial charge in [0.05, 0.1) is 24.5 Å². The van der Waals surface area contributed by atoms with Crippen LogP contribution in [0.5, 0.6) is 0 Å². The first-order valence-corrected chi connectivity index (χ1v) is 10.5. The summed E-state index contributed by atoms with van der Waals surface area (Å²) in [5.41, 5.74) is 3.82. The summed E-state index contributed by atoms with van der Waals surface area (Å²) in [6, 6.07) is 19.8. The molecule has 1 amide bonds. The summed E-state index contributed by atoms with van der Waals surface area (Å²) < 4.78 is 6.96. The molecule has 4 rings (SSSR count). The molecule has 0 aliphatic rings. The van der Waals surface area contributed by atoms with Crippen LogP contribution < -0.4 is 5.32 Å². The van der Waals surface area contributed by atoms with Crippen LogP contribution >= 0.6 is 0 Å². The maximum atomic E-state index is 12.8. The third-order valence-corrected chi connectivity index (χ3v) is 4.97. The van der Waals surface area contributed by atoms with E-state index in [4.69, 9.17) is 9.62 Å². The van der Waals surface area contributed by atoms with Crippen molar-refractivity contribution in [3.63, 3.8) is 0 Å². The lowest BCUT2D eigenvalue weighted by molar-refractivity contribution is -0.117. The molecule has 2 aromatic heterocycles. The number of benzene rings is 2. The fraction of sp³-hybridized carbons (Fsp3) is 0.250.